The van der Waals surface area contributed by atoms with Crippen LogP contribution in [0.4, 0.5) is 5.69 Å². The first-order valence-electron chi connectivity index (χ1n) is 10.7. The van der Waals surface area contributed by atoms with Crippen LogP contribution in [0.1, 0.15) is 42.4 Å². The second-order valence-electron chi connectivity index (χ2n) is 8.05. The van der Waals surface area contributed by atoms with Gasteiger partial charge >= 0.3 is 0 Å². The minimum absolute atomic E-state index is 0.229. The third-order valence-corrected chi connectivity index (χ3v) is 5.89. The van der Waals surface area contributed by atoms with Crippen LogP contribution >= 0.6 is 11.6 Å². The van der Waals surface area contributed by atoms with Gasteiger partial charge in [-0.05, 0) is 49.4 Å². The summed E-state index contributed by atoms with van der Waals surface area (Å²) in [5.74, 6) is 6.48. The Hall–Kier alpha value is -2.10. The van der Waals surface area contributed by atoms with E-state index in [2.05, 4.69) is 51.3 Å². The van der Waals surface area contributed by atoms with Crippen molar-refractivity contribution in [2.24, 2.45) is 0 Å². The monoisotopic (exact) mass is 425 g/mol. The van der Waals surface area contributed by atoms with E-state index in [1.165, 1.54) is 5.56 Å². The first-order chi connectivity index (χ1) is 14.7. The van der Waals surface area contributed by atoms with Gasteiger partial charge in [0.05, 0.1) is 30.6 Å². The lowest BCUT2D eigenvalue weighted by Crippen LogP contribution is -2.35. The van der Waals surface area contributed by atoms with Gasteiger partial charge in [0, 0.05) is 37.4 Å². The van der Waals surface area contributed by atoms with Crippen LogP contribution in [0.15, 0.2) is 36.5 Å². The number of morpholine rings is 1. The Balaban J connectivity index is 1.44. The molecule has 5 nitrogen and oxygen atoms in total. The number of nitrogens with zero attached hydrogens (tertiary/aromatic N) is 2. The molecule has 2 N–H and O–H groups in total. The average Bonchev–Trinajstić information content (AvgIpc) is 2.75. The van der Waals surface area contributed by atoms with Crippen molar-refractivity contribution >= 4 is 17.3 Å². The first-order valence-corrected chi connectivity index (χ1v) is 11.0. The van der Waals surface area contributed by atoms with Crippen molar-refractivity contribution in [1.29, 1.82) is 0 Å². The molecule has 1 aliphatic heterocycles. The molecule has 2 aliphatic rings. The van der Waals surface area contributed by atoms with E-state index in [9.17, 15) is 5.11 Å². The SMILES string of the molecule is O[C@H]1CCC[C@@H](Nc2cc(Cl)ncc2C#Cc2ccc(CN3CCOCC3)cc2)C1. The number of nitrogens with one attached hydrogen (secondary N) is 1. The Bertz CT molecular complexity index is 901. The molecule has 2 atom stereocenters. The van der Waals surface area contributed by atoms with Crippen molar-refractivity contribution in [2.75, 3.05) is 31.6 Å². The molecule has 158 valence electrons. The first kappa shape index (κ1) is 21.1. The summed E-state index contributed by atoms with van der Waals surface area (Å²) in [7, 11) is 0. The summed E-state index contributed by atoms with van der Waals surface area (Å²) in [6.07, 6.45) is 5.16. The Kier molecular flexibility index (Phi) is 7.24. The minimum Gasteiger partial charge on any atom is -0.393 e. The van der Waals surface area contributed by atoms with E-state index in [0.29, 0.717) is 5.15 Å². The molecule has 0 bridgehead atoms. The number of halogens is 1. The molecule has 4 rings (SSSR count). The van der Waals surface area contributed by atoms with Gasteiger partial charge in [-0.2, -0.15) is 0 Å². The molecule has 6 heteroatoms. The second kappa shape index (κ2) is 10.3. The van der Waals surface area contributed by atoms with E-state index in [4.69, 9.17) is 16.3 Å². The number of aromatic nitrogens is 1. The topological polar surface area (TPSA) is 57.6 Å². The van der Waals surface area contributed by atoms with Crippen LogP contribution in [-0.2, 0) is 11.3 Å². The lowest BCUT2D eigenvalue weighted by Gasteiger charge is -2.27. The van der Waals surface area contributed by atoms with Crippen molar-refractivity contribution < 1.29 is 9.84 Å². The standard InChI is InChI=1S/C24H28ClN3O2/c25-24-15-23(27-21-2-1-3-22(29)14-21)20(16-26-24)9-8-18-4-6-19(7-5-18)17-28-10-12-30-13-11-28/h4-7,15-16,21-22,29H,1-3,10-14,17H2,(H,26,27)/t21-,22+/m1/s1. The van der Waals surface area contributed by atoms with E-state index in [1.54, 1.807) is 6.20 Å². The minimum atomic E-state index is -0.237. The summed E-state index contributed by atoms with van der Waals surface area (Å²) in [6.45, 7) is 4.54. The number of ether oxygens (including phenoxy) is 1. The van der Waals surface area contributed by atoms with Gasteiger partial charge in [0.2, 0.25) is 0 Å². The smallest absolute Gasteiger partial charge is 0.131 e. The third kappa shape index (κ3) is 5.96. The largest absolute Gasteiger partial charge is 0.393 e. The number of aliphatic hydroxyl groups excluding tert-OH is 1. The van der Waals surface area contributed by atoms with E-state index in [-0.39, 0.29) is 12.1 Å². The molecule has 2 heterocycles. The summed E-state index contributed by atoms with van der Waals surface area (Å²) in [4.78, 5) is 6.60. The van der Waals surface area contributed by atoms with Crippen molar-refractivity contribution in [3.63, 3.8) is 0 Å². The van der Waals surface area contributed by atoms with E-state index in [0.717, 1.165) is 75.3 Å². The Morgan fingerprint density at radius 1 is 1.17 bits per heavy atom. The predicted molar refractivity (Wildman–Crippen MR) is 120 cm³/mol. The van der Waals surface area contributed by atoms with Crippen LogP contribution in [0.5, 0.6) is 0 Å². The summed E-state index contributed by atoms with van der Waals surface area (Å²) >= 11 is 6.12. The van der Waals surface area contributed by atoms with Gasteiger partial charge < -0.3 is 15.2 Å². The highest BCUT2D eigenvalue weighted by atomic mass is 35.5. The summed E-state index contributed by atoms with van der Waals surface area (Å²) in [5.41, 5.74) is 3.95. The fourth-order valence-corrected chi connectivity index (χ4v) is 4.17. The third-order valence-electron chi connectivity index (χ3n) is 5.68. The normalized spacial score (nSPS) is 22.2. The van der Waals surface area contributed by atoms with Crippen molar-refractivity contribution in [3.8, 4) is 11.8 Å². The highest BCUT2D eigenvalue weighted by Gasteiger charge is 2.20. The fraction of sp³-hybridized carbons (Fsp3) is 0.458. The fourth-order valence-electron chi connectivity index (χ4n) is 4.01. The molecule has 1 saturated heterocycles. The van der Waals surface area contributed by atoms with Crippen LogP contribution in [0.2, 0.25) is 5.15 Å². The quantitative estimate of drug-likeness (QED) is 0.578. The highest BCUT2D eigenvalue weighted by Crippen LogP contribution is 2.25. The number of pyridine rings is 1. The number of aliphatic hydroxyl groups is 1. The van der Waals surface area contributed by atoms with Crippen molar-refractivity contribution in [3.05, 3.63) is 58.4 Å². The molecule has 1 aromatic heterocycles. The van der Waals surface area contributed by atoms with Crippen LogP contribution in [0.25, 0.3) is 0 Å². The average molecular weight is 426 g/mol. The van der Waals surface area contributed by atoms with E-state index in [1.807, 2.05) is 6.07 Å². The molecule has 2 aromatic rings. The number of hydrogen-bond acceptors (Lipinski definition) is 5. The lowest BCUT2D eigenvalue weighted by atomic mass is 9.93. The molecule has 30 heavy (non-hydrogen) atoms. The zero-order chi connectivity index (χ0) is 20.8. The molecule has 1 saturated carbocycles. The maximum absolute atomic E-state index is 9.94. The molecule has 0 unspecified atom stereocenters. The molecule has 2 fully saturated rings. The molecule has 1 aliphatic carbocycles. The van der Waals surface area contributed by atoms with Gasteiger partial charge in [0.15, 0.2) is 0 Å². The number of benzene rings is 1. The molecular formula is C24H28ClN3O2. The van der Waals surface area contributed by atoms with Gasteiger partial charge in [0.25, 0.3) is 0 Å². The number of hydrogen-bond donors (Lipinski definition) is 2. The van der Waals surface area contributed by atoms with Crippen molar-refractivity contribution in [1.82, 2.24) is 9.88 Å². The predicted octanol–water partition coefficient (Wildman–Crippen LogP) is 3.68. The summed E-state index contributed by atoms with van der Waals surface area (Å²) < 4.78 is 5.41. The summed E-state index contributed by atoms with van der Waals surface area (Å²) in [5, 5.41) is 13.9. The molecule has 0 spiro atoms. The molecule has 1 aromatic carbocycles. The maximum atomic E-state index is 9.94. The van der Waals surface area contributed by atoms with Crippen LogP contribution in [-0.4, -0.2) is 53.4 Å². The Morgan fingerprint density at radius 2 is 1.97 bits per heavy atom. The molecule has 0 amide bonds. The number of rotatable bonds is 4. The second-order valence-corrected chi connectivity index (χ2v) is 8.44. The van der Waals surface area contributed by atoms with Gasteiger partial charge in [-0.3, -0.25) is 4.90 Å². The van der Waals surface area contributed by atoms with Crippen molar-refractivity contribution in [2.45, 2.75) is 44.4 Å². The lowest BCUT2D eigenvalue weighted by molar-refractivity contribution is 0.0342. The van der Waals surface area contributed by atoms with Crippen LogP contribution in [0, 0.1) is 11.8 Å². The van der Waals surface area contributed by atoms with Gasteiger partial charge in [-0.15, -0.1) is 0 Å². The van der Waals surface area contributed by atoms with E-state index < -0.39 is 0 Å². The van der Waals surface area contributed by atoms with Gasteiger partial charge in [0.1, 0.15) is 5.15 Å². The van der Waals surface area contributed by atoms with Gasteiger partial charge in [-0.1, -0.05) is 35.6 Å². The summed E-state index contributed by atoms with van der Waals surface area (Å²) in [6, 6.07) is 10.5. The highest BCUT2D eigenvalue weighted by molar-refractivity contribution is 6.29. The van der Waals surface area contributed by atoms with Gasteiger partial charge in [-0.25, -0.2) is 4.98 Å². The van der Waals surface area contributed by atoms with Crippen LogP contribution < -0.4 is 5.32 Å². The zero-order valence-electron chi connectivity index (χ0n) is 17.1. The molecular weight excluding hydrogens is 398 g/mol. The maximum Gasteiger partial charge on any atom is 0.131 e. The zero-order valence-corrected chi connectivity index (χ0v) is 17.9. The number of anilines is 1. The van der Waals surface area contributed by atoms with E-state index >= 15 is 0 Å². The Morgan fingerprint density at radius 3 is 2.73 bits per heavy atom. The molecule has 0 radical (unpaired) electrons. The Labute approximate surface area is 183 Å². The van der Waals surface area contributed by atoms with Crippen LogP contribution in [0.3, 0.4) is 0 Å².